The van der Waals surface area contributed by atoms with E-state index < -0.39 is 0 Å². The number of hydrogen-bond donors (Lipinski definition) is 1. The van der Waals surface area contributed by atoms with Crippen LogP contribution in [0, 0.1) is 0 Å². The molecule has 0 unspecified atom stereocenters. The Balaban J connectivity index is 0.000000552. The van der Waals surface area contributed by atoms with E-state index in [1.807, 2.05) is 19.2 Å². The van der Waals surface area contributed by atoms with Crippen molar-refractivity contribution in [2.24, 2.45) is 0 Å². The summed E-state index contributed by atoms with van der Waals surface area (Å²) in [6, 6.07) is 5.15. The molecule has 0 spiro atoms. The second kappa shape index (κ2) is 9.57. The van der Waals surface area contributed by atoms with Crippen LogP contribution in [0.3, 0.4) is 0 Å². The molecule has 0 saturated heterocycles. The number of nitrogens with one attached hydrogen (secondary N) is 1. The second-order valence-corrected chi connectivity index (χ2v) is 6.22. The number of alkyl halides is 1. The molecular weight excluding hydrogens is 395 g/mol. The van der Waals surface area contributed by atoms with Crippen molar-refractivity contribution in [3.05, 3.63) is 63.7 Å². The summed E-state index contributed by atoms with van der Waals surface area (Å²) >= 11 is 17.3. The number of nitrogens with zero attached hydrogens (tertiary/aromatic N) is 3. The first-order chi connectivity index (χ1) is 12.5. The summed E-state index contributed by atoms with van der Waals surface area (Å²) in [6.07, 6.45) is 7.63. The van der Waals surface area contributed by atoms with E-state index in [0.29, 0.717) is 33.0 Å². The molecular formula is C18H17Cl3N4O. The van der Waals surface area contributed by atoms with Gasteiger partial charge in [0.15, 0.2) is 11.2 Å². The third kappa shape index (κ3) is 4.55. The van der Waals surface area contributed by atoms with Crippen LogP contribution in [0.15, 0.2) is 48.1 Å². The van der Waals surface area contributed by atoms with Crippen LogP contribution in [0.25, 0.3) is 28.8 Å². The molecule has 5 nitrogen and oxygen atoms in total. The first-order valence-electron chi connectivity index (χ1n) is 7.78. The Bertz CT molecular complexity index is 992. The highest BCUT2D eigenvalue weighted by molar-refractivity contribution is 6.36. The Labute approximate surface area is 166 Å². The SMILES string of the molecule is C=CCCl.CC/C=C/n1c(-c2ccc(Cl)cc2Cl)nc2c(=O)[nH]cnc21. The Kier molecular flexibility index (Phi) is 7.45. The van der Waals surface area contributed by atoms with E-state index in [1.54, 1.807) is 28.8 Å². The summed E-state index contributed by atoms with van der Waals surface area (Å²) in [5.74, 6) is 1.10. The molecule has 1 N–H and O–H groups in total. The molecule has 0 aliphatic carbocycles. The maximum Gasteiger partial charge on any atom is 0.278 e. The van der Waals surface area contributed by atoms with Crippen molar-refractivity contribution in [3.63, 3.8) is 0 Å². The summed E-state index contributed by atoms with van der Waals surface area (Å²) in [7, 11) is 0. The van der Waals surface area contributed by atoms with Crippen molar-refractivity contribution < 1.29 is 0 Å². The Morgan fingerprint density at radius 2 is 2.08 bits per heavy atom. The zero-order valence-corrected chi connectivity index (χ0v) is 16.3. The standard InChI is InChI=1S/C15H12Cl2N4O.C3H5Cl/c1-2-3-6-21-13(10-5-4-9(16)7-11(10)17)20-12-14(21)18-8-19-15(12)22;1-2-3-4/h3-8H,2H2,1H3,(H,18,19,22);2H,1,3H2/b6-3+;. The monoisotopic (exact) mass is 410 g/mol. The highest BCUT2D eigenvalue weighted by Gasteiger charge is 2.16. The minimum absolute atomic E-state index is 0.268. The largest absolute Gasteiger partial charge is 0.311 e. The normalized spacial score (nSPS) is 10.8. The van der Waals surface area contributed by atoms with E-state index in [-0.39, 0.29) is 11.1 Å². The van der Waals surface area contributed by atoms with Crippen LogP contribution in [0.5, 0.6) is 0 Å². The summed E-state index contributed by atoms with van der Waals surface area (Å²) < 4.78 is 1.75. The van der Waals surface area contributed by atoms with E-state index >= 15 is 0 Å². The number of benzene rings is 1. The number of rotatable bonds is 4. The van der Waals surface area contributed by atoms with Gasteiger partial charge < -0.3 is 4.98 Å². The molecule has 2 heterocycles. The van der Waals surface area contributed by atoms with Crippen LogP contribution in [-0.4, -0.2) is 25.4 Å². The average Bonchev–Trinajstić information content (AvgIpc) is 3.00. The molecule has 0 saturated carbocycles. The summed E-state index contributed by atoms with van der Waals surface area (Å²) in [5.41, 5.74) is 1.14. The van der Waals surface area contributed by atoms with Gasteiger partial charge >= 0.3 is 0 Å². The summed E-state index contributed by atoms with van der Waals surface area (Å²) in [6.45, 7) is 5.37. The molecule has 0 radical (unpaired) electrons. The van der Waals surface area contributed by atoms with Gasteiger partial charge in [-0.05, 0) is 24.6 Å². The molecule has 0 aliphatic rings. The van der Waals surface area contributed by atoms with Crippen molar-refractivity contribution in [1.29, 1.82) is 0 Å². The lowest BCUT2D eigenvalue weighted by Crippen LogP contribution is -2.06. The number of imidazole rings is 1. The third-order valence-electron chi connectivity index (χ3n) is 3.25. The van der Waals surface area contributed by atoms with Crippen molar-refractivity contribution in [1.82, 2.24) is 19.5 Å². The predicted molar refractivity (Wildman–Crippen MR) is 110 cm³/mol. The van der Waals surface area contributed by atoms with Crippen molar-refractivity contribution >= 4 is 52.2 Å². The summed E-state index contributed by atoms with van der Waals surface area (Å²) in [5, 5.41) is 1.00. The van der Waals surface area contributed by atoms with E-state index in [9.17, 15) is 4.79 Å². The molecule has 3 rings (SSSR count). The Morgan fingerprint density at radius 3 is 2.69 bits per heavy atom. The fraction of sp³-hybridized carbons (Fsp3) is 0.167. The molecule has 136 valence electrons. The van der Waals surface area contributed by atoms with E-state index in [1.165, 1.54) is 6.33 Å². The zero-order valence-electron chi connectivity index (χ0n) is 14.0. The molecule has 0 bridgehead atoms. The van der Waals surface area contributed by atoms with Crippen LogP contribution >= 0.6 is 34.8 Å². The Hall–Kier alpha value is -2.08. The van der Waals surface area contributed by atoms with Gasteiger partial charge in [0.1, 0.15) is 5.82 Å². The number of aromatic nitrogens is 4. The quantitative estimate of drug-likeness (QED) is 0.463. The van der Waals surface area contributed by atoms with Gasteiger partial charge in [0.25, 0.3) is 5.56 Å². The first-order valence-corrected chi connectivity index (χ1v) is 9.07. The molecule has 0 amide bonds. The number of halogens is 3. The summed E-state index contributed by atoms with van der Waals surface area (Å²) in [4.78, 5) is 23.1. The number of allylic oxidation sites excluding steroid dienone is 2. The average molecular weight is 412 g/mol. The van der Waals surface area contributed by atoms with Gasteiger partial charge in [0, 0.05) is 22.7 Å². The lowest BCUT2D eigenvalue weighted by molar-refractivity contribution is 1.10. The molecule has 0 fully saturated rings. The molecule has 2 aromatic heterocycles. The first kappa shape index (κ1) is 20.2. The number of hydrogen-bond acceptors (Lipinski definition) is 3. The molecule has 8 heteroatoms. The van der Waals surface area contributed by atoms with Crippen molar-refractivity contribution in [2.75, 3.05) is 5.88 Å². The van der Waals surface area contributed by atoms with Gasteiger partial charge in [-0.1, -0.05) is 42.3 Å². The molecule has 26 heavy (non-hydrogen) atoms. The van der Waals surface area contributed by atoms with Crippen LogP contribution in [0.1, 0.15) is 13.3 Å². The highest BCUT2D eigenvalue weighted by atomic mass is 35.5. The van der Waals surface area contributed by atoms with Gasteiger partial charge in [-0.3, -0.25) is 9.36 Å². The fourth-order valence-electron chi connectivity index (χ4n) is 2.13. The van der Waals surface area contributed by atoms with E-state index in [2.05, 4.69) is 21.5 Å². The van der Waals surface area contributed by atoms with Gasteiger partial charge in [0.05, 0.1) is 11.3 Å². The van der Waals surface area contributed by atoms with Crippen LogP contribution in [0.4, 0.5) is 0 Å². The second-order valence-electron chi connectivity index (χ2n) is 5.07. The topological polar surface area (TPSA) is 63.6 Å². The minimum Gasteiger partial charge on any atom is -0.311 e. The van der Waals surface area contributed by atoms with E-state index in [0.717, 1.165) is 6.42 Å². The molecule has 3 aromatic rings. The smallest absolute Gasteiger partial charge is 0.278 e. The van der Waals surface area contributed by atoms with Gasteiger partial charge in [-0.25, -0.2) is 9.97 Å². The highest BCUT2D eigenvalue weighted by Crippen LogP contribution is 2.31. The number of fused-ring (bicyclic) bond motifs is 1. The minimum atomic E-state index is -0.292. The number of aromatic amines is 1. The molecule has 1 aromatic carbocycles. The zero-order chi connectivity index (χ0) is 19.1. The van der Waals surface area contributed by atoms with Crippen LogP contribution < -0.4 is 5.56 Å². The maximum atomic E-state index is 11.9. The van der Waals surface area contributed by atoms with Crippen molar-refractivity contribution in [2.45, 2.75) is 13.3 Å². The van der Waals surface area contributed by atoms with Gasteiger partial charge in [-0.15, -0.1) is 18.2 Å². The van der Waals surface area contributed by atoms with Crippen LogP contribution in [0.2, 0.25) is 10.0 Å². The Morgan fingerprint density at radius 1 is 1.35 bits per heavy atom. The van der Waals surface area contributed by atoms with Gasteiger partial charge in [-0.2, -0.15) is 0 Å². The maximum absolute atomic E-state index is 11.9. The number of H-pyrrole nitrogens is 1. The third-order valence-corrected chi connectivity index (χ3v) is 4.02. The van der Waals surface area contributed by atoms with Crippen molar-refractivity contribution in [3.8, 4) is 11.4 Å². The molecule has 0 atom stereocenters. The lowest BCUT2D eigenvalue weighted by atomic mass is 10.2. The fourth-order valence-corrected chi connectivity index (χ4v) is 2.63. The predicted octanol–water partition coefficient (Wildman–Crippen LogP) is 5.39. The molecule has 0 aliphatic heterocycles. The lowest BCUT2D eigenvalue weighted by Gasteiger charge is -2.05. The van der Waals surface area contributed by atoms with Crippen LogP contribution in [-0.2, 0) is 0 Å². The van der Waals surface area contributed by atoms with E-state index in [4.69, 9.17) is 34.8 Å². The van der Waals surface area contributed by atoms with Gasteiger partial charge in [0.2, 0.25) is 0 Å².